The first-order valence-electron chi connectivity index (χ1n) is 8.82. The van der Waals surface area contributed by atoms with Gasteiger partial charge in [-0.15, -0.1) is 0 Å². The smallest absolute Gasteiger partial charge is 0.288 e. The first-order valence-corrected chi connectivity index (χ1v) is 9.57. The van der Waals surface area contributed by atoms with E-state index in [-0.39, 0.29) is 27.9 Å². The van der Waals surface area contributed by atoms with Gasteiger partial charge in [0.25, 0.3) is 11.2 Å². The van der Waals surface area contributed by atoms with Crippen LogP contribution in [-0.4, -0.2) is 35.3 Å². The molecular weight excluding hydrogens is 447 g/mol. The predicted molar refractivity (Wildman–Crippen MR) is 112 cm³/mol. The topological polar surface area (TPSA) is 145 Å². The maximum absolute atomic E-state index is 12.7. The van der Waals surface area contributed by atoms with Gasteiger partial charge in [-0.2, -0.15) is 9.78 Å². The van der Waals surface area contributed by atoms with Crippen molar-refractivity contribution in [3.8, 4) is 11.3 Å². The van der Waals surface area contributed by atoms with Crippen LogP contribution in [0.1, 0.15) is 17.2 Å². The molecule has 3 heterocycles. The average molecular weight is 457 g/mol. The Morgan fingerprint density at radius 1 is 1.16 bits per heavy atom. The second-order valence-electron chi connectivity index (χ2n) is 6.60. The van der Waals surface area contributed by atoms with Gasteiger partial charge in [0.1, 0.15) is 17.4 Å². The first kappa shape index (κ1) is 19.2. The van der Waals surface area contributed by atoms with E-state index in [0.717, 1.165) is 0 Å². The number of anilines is 2. The molecule has 1 atom stereocenters. The zero-order chi connectivity index (χ0) is 21.7. The Bertz CT molecular complexity index is 1420. The molecule has 0 unspecified atom stereocenters. The number of H-pyrrole nitrogens is 1. The lowest BCUT2D eigenvalue weighted by atomic mass is 9.91. The minimum Gasteiger partial charge on any atom is -0.318 e. The number of benzene rings is 2. The molecule has 0 bridgehead atoms. The van der Waals surface area contributed by atoms with Crippen molar-refractivity contribution in [2.75, 3.05) is 5.32 Å². The van der Waals surface area contributed by atoms with Gasteiger partial charge in [-0.25, -0.2) is 5.10 Å². The Labute approximate surface area is 182 Å². The Hall–Kier alpha value is -3.83. The molecule has 0 fully saturated rings. The summed E-state index contributed by atoms with van der Waals surface area (Å²) in [5, 5.41) is 33.5. The summed E-state index contributed by atoms with van der Waals surface area (Å²) in [4.78, 5) is 23.9. The van der Waals surface area contributed by atoms with Gasteiger partial charge in [-0.3, -0.25) is 14.9 Å². The van der Waals surface area contributed by atoms with Crippen LogP contribution < -0.4 is 10.9 Å². The minimum atomic E-state index is -0.917. The van der Waals surface area contributed by atoms with Crippen LogP contribution in [0.15, 0.2) is 47.3 Å². The fourth-order valence-electron chi connectivity index (χ4n) is 3.60. The van der Waals surface area contributed by atoms with E-state index in [1.165, 1.54) is 16.8 Å². The molecule has 0 saturated heterocycles. The summed E-state index contributed by atoms with van der Waals surface area (Å²) in [6.45, 7) is 0. The van der Waals surface area contributed by atoms with E-state index < -0.39 is 16.5 Å². The van der Waals surface area contributed by atoms with Crippen molar-refractivity contribution >= 4 is 40.5 Å². The minimum absolute atomic E-state index is 0.112. The Kier molecular flexibility index (Phi) is 4.41. The number of para-hydroxylation sites is 1. The number of nitro groups is 1. The number of tetrazole rings is 1. The molecule has 2 aromatic heterocycles. The molecule has 4 aromatic rings. The van der Waals surface area contributed by atoms with E-state index >= 15 is 0 Å². The molecule has 0 radical (unpaired) electrons. The van der Waals surface area contributed by atoms with Gasteiger partial charge < -0.3 is 5.32 Å². The number of nitro benzene ring substituents is 1. The molecule has 154 valence electrons. The molecule has 0 spiro atoms. The Balaban J connectivity index is 1.87. The number of nitrogens with one attached hydrogen (secondary N) is 2. The summed E-state index contributed by atoms with van der Waals surface area (Å²) < 4.78 is 1.36. The summed E-state index contributed by atoms with van der Waals surface area (Å²) in [6, 6.07) is 10.1. The van der Waals surface area contributed by atoms with Crippen LogP contribution in [0.2, 0.25) is 10.0 Å². The lowest BCUT2D eigenvalue weighted by molar-refractivity contribution is -0.385. The van der Waals surface area contributed by atoms with Crippen LogP contribution >= 0.6 is 23.2 Å². The lowest BCUT2D eigenvalue weighted by Gasteiger charge is -2.27. The fourth-order valence-corrected chi connectivity index (χ4v) is 4.09. The highest BCUT2D eigenvalue weighted by molar-refractivity contribution is 6.36. The molecule has 11 nitrogen and oxygen atoms in total. The number of rotatable bonds is 3. The van der Waals surface area contributed by atoms with Gasteiger partial charge in [0.2, 0.25) is 5.95 Å². The summed E-state index contributed by atoms with van der Waals surface area (Å²) >= 11 is 12.4. The van der Waals surface area contributed by atoms with Crippen LogP contribution in [-0.2, 0) is 0 Å². The molecule has 13 heteroatoms. The van der Waals surface area contributed by atoms with E-state index in [9.17, 15) is 14.9 Å². The molecule has 1 aliphatic heterocycles. The van der Waals surface area contributed by atoms with E-state index in [1.807, 2.05) is 0 Å². The van der Waals surface area contributed by atoms with E-state index in [2.05, 4.69) is 31.0 Å². The molecule has 5 rings (SSSR count). The highest BCUT2D eigenvalue weighted by atomic mass is 35.5. The summed E-state index contributed by atoms with van der Waals surface area (Å²) in [7, 11) is 0. The van der Waals surface area contributed by atoms with Crippen LogP contribution in [0.4, 0.5) is 17.3 Å². The number of aromatic amines is 1. The number of hydrogen-bond donors (Lipinski definition) is 2. The third-order valence-corrected chi connectivity index (χ3v) is 5.43. The van der Waals surface area contributed by atoms with Gasteiger partial charge in [0, 0.05) is 22.2 Å². The maximum Gasteiger partial charge on any atom is 0.288 e. The normalized spacial score (nSPS) is 14.5. The zero-order valence-electron chi connectivity index (χ0n) is 15.3. The molecule has 0 saturated carbocycles. The van der Waals surface area contributed by atoms with Gasteiger partial charge in [0.05, 0.1) is 15.5 Å². The van der Waals surface area contributed by atoms with Gasteiger partial charge >= 0.3 is 0 Å². The van der Waals surface area contributed by atoms with Crippen molar-refractivity contribution in [3.05, 3.63) is 84.1 Å². The monoisotopic (exact) mass is 456 g/mol. The van der Waals surface area contributed by atoms with Crippen LogP contribution in [0, 0.1) is 10.1 Å². The quantitative estimate of drug-likeness (QED) is 0.310. The van der Waals surface area contributed by atoms with Crippen LogP contribution in [0.25, 0.3) is 11.3 Å². The van der Waals surface area contributed by atoms with E-state index in [0.29, 0.717) is 21.8 Å². The number of halogens is 2. The molecule has 0 aliphatic carbocycles. The third kappa shape index (κ3) is 3.02. The molecular formula is C18H10Cl2N8O3. The van der Waals surface area contributed by atoms with Crippen LogP contribution in [0.3, 0.4) is 0 Å². The largest absolute Gasteiger partial charge is 0.318 e. The summed E-state index contributed by atoms with van der Waals surface area (Å²) in [5.41, 5.74) is 0.802. The summed E-state index contributed by atoms with van der Waals surface area (Å²) in [6.07, 6.45) is 0. The van der Waals surface area contributed by atoms with E-state index in [4.69, 9.17) is 23.2 Å². The van der Waals surface area contributed by atoms with E-state index in [1.54, 1.807) is 30.3 Å². The van der Waals surface area contributed by atoms with Crippen molar-refractivity contribution in [2.24, 2.45) is 0 Å². The molecule has 2 N–H and O–H groups in total. The highest BCUT2D eigenvalue weighted by Crippen LogP contribution is 2.44. The predicted octanol–water partition coefficient (Wildman–Crippen LogP) is 3.33. The zero-order valence-corrected chi connectivity index (χ0v) is 16.8. The maximum atomic E-state index is 12.7. The molecule has 0 amide bonds. The Morgan fingerprint density at radius 3 is 2.74 bits per heavy atom. The van der Waals surface area contributed by atoms with Gasteiger partial charge in [-0.05, 0) is 34.7 Å². The number of nitrogens with zero attached hydrogens (tertiary/aromatic N) is 6. The number of hydrogen-bond acceptors (Lipinski definition) is 8. The summed E-state index contributed by atoms with van der Waals surface area (Å²) in [5.74, 6) is 0.153. The highest BCUT2D eigenvalue weighted by Gasteiger charge is 2.37. The van der Waals surface area contributed by atoms with Crippen LogP contribution in [0.5, 0.6) is 0 Å². The average Bonchev–Trinajstić information content (AvgIpc) is 3.22. The molecule has 1 aliphatic rings. The van der Waals surface area contributed by atoms with Crippen molar-refractivity contribution in [1.82, 2.24) is 30.4 Å². The van der Waals surface area contributed by atoms with Crippen molar-refractivity contribution in [1.29, 1.82) is 0 Å². The lowest BCUT2D eigenvalue weighted by Crippen LogP contribution is -2.29. The second kappa shape index (κ2) is 7.15. The molecule has 31 heavy (non-hydrogen) atoms. The number of fused-ring (bicyclic) bond motifs is 2. The fraction of sp³-hybridized carbons (Fsp3) is 0.0556. The van der Waals surface area contributed by atoms with Gasteiger partial charge in [-0.1, -0.05) is 40.4 Å². The van der Waals surface area contributed by atoms with Crippen molar-refractivity contribution in [3.63, 3.8) is 0 Å². The number of aromatic nitrogens is 6. The SMILES string of the molecule is O=c1[nH]nc(-c2ccc(Cl)cc2Cl)c2c1Nc1nnnn1[C@@H]2c1ccccc1[N+](=O)[O-]. The second-order valence-corrected chi connectivity index (χ2v) is 7.45. The Morgan fingerprint density at radius 2 is 1.97 bits per heavy atom. The third-order valence-electron chi connectivity index (χ3n) is 4.88. The van der Waals surface area contributed by atoms with Crippen molar-refractivity contribution in [2.45, 2.75) is 6.04 Å². The molecule has 2 aromatic carbocycles. The standard InChI is InChI=1S/C18H10Cl2N8O3/c19-8-5-6-9(11(20)7-8)14-13-15(17(29)23-22-14)21-18-24-25-26-27(18)16(13)10-3-1-2-4-12(10)28(30)31/h1-7,16H,(H,23,29)(H,21,24,26)/t16-/m1/s1. The van der Waals surface area contributed by atoms with Gasteiger partial charge in [0.15, 0.2) is 0 Å². The van der Waals surface area contributed by atoms with Crippen molar-refractivity contribution < 1.29 is 4.92 Å². The first-order chi connectivity index (χ1) is 15.0.